The van der Waals surface area contributed by atoms with E-state index in [9.17, 15) is 5.11 Å². The second-order valence-corrected chi connectivity index (χ2v) is 3.31. The molecule has 0 amide bonds. The highest BCUT2D eigenvalue weighted by Crippen LogP contribution is 2.25. The predicted octanol–water partition coefficient (Wildman–Crippen LogP) is 1.04. The topological polar surface area (TPSA) is 68.4 Å². The van der Waals surface area contributed by atoms with Gasteiger partial charge in [-0.25, -0.2) is 4.98 Å². The zero-order valence-electron chi connectivity index (χ0n) is 8.69. The van der Waals surface area contributed by atoms with Gasteiger partial charge in [-0.1, -0.05) is 0 Å². The summed E-state index contributed by atoms with van der Waals surface area (Å²) in [5.74, 6) is 0.362. The fourth-order valence-electron chi connectivity index (χ4n) is 1.34. The molecule has 2 atom stereocenters. The van der Waals surface area contributed by atoms with E-state index in [2.05, 4.69) is 4.98 Å². The molecule has 4 nitrogen and oxygen atoms in total. The first-order valence-corrected chi connectivity index (χ1v) is 4.49. The minimum Gasteiger partial charge on any atom is -0.386 e. The van der Waals surface area contributed by atoms with Gasteiger partial charge in [-0.2, -0.15) is 0 Å². The molecule has 0 aliphatic carbocycles. The van der Waals surface area contributed by atoms with Gasteiger partial charge in [0.05, 0.1) is 6.10 Å². The molecule has 1 aromatic rings. The Bertz CT molecular complexity index is 295. The molecule has 2 unspecified atom stereocenters. The van der Waals surface area contributed by atoms with Gasteiger partial charge in [-0.3, -0.25) is 0 Å². The number of pyridine rings is 1. The lowest BCUT2D eigenvalue weighted by Gasteiger charge is -2.20. The second kappa shape index (κ2) is 4.39. The Morgan fingerprint density at radius 2 is 2.21 bits per heavy atom. The normalized spacial score (nSPS) is 15.1. The van der Waals surface area contributed by atoms with Crippen LogP contribution in [-0.4, -0.2) is 23.3 Å². The van der Waals surface area contributed by atoms with E-state index in [0.29, 0.717) is 11.4 Å². The number of hydrogen-bond acceptors (Lipinski definition) is 4. The lowest BCUT2D eigenvalue weighted by atomic mass is 10.0. The standard InChI is InChI=1S/C10H16N2O2/c1-6-4-5-12-10(11)8(6)9(13)7(2)14-3/h4-5,7,9,13H,1-3H3,(H2,11,12). The number of ether oxygens (including phenoxy) is 1. The van der Waals surface area contributed by atoms with Crippen molar-refractivity contribution in [1.82, 2.24) is 4.98 Å². The Kier molecular flexibility index (Phi) is 3.43. The van der Waals surface area contributed by atoms with Gasteiger partial charge in [0.2, 0.25) is 0 Å². The summed E-state index contributed by atoms with van der Waals surface area (Å²) in [5, 5.41) is 9.91. The molecular formula is C10H16N2O2. The van der Waals surface area contributed by atoms with Crippen LogP contribution in [0.2, 0.25) is 0 Å². The molecule has 0 aromatic carbocycles. The van der Waals surface area contributed by atoms with Crippen LogP contribution in [0.15, 0.2) is 12.3 Å². The third-order valence-corrected chi connectivity index (χ3v) is 2.35. The molecule has 0 saturated carbocycles. The quantitative estimate of drug-likeness (QED) is 0.758. The molecule has 0 aliphatic rings. The smallest absolute Gasteiger partial charge is 0.129 e. The first kappa shape index (κ1) is 10.9. The number of nitrogen functional groups attached to an aromatic ring is 1. The number of anilines is 1. The van der Waals surface area contributed by atoms with E-state index in [0.717, 1.165) is 5.56 Å². The summed E-state index contributed by atoms with van der Waals surface area (Å²) in [6.07, 6.45) is 0.604. The highest BCUT2D eigenvalue weighted by Gasteiger charge is 2.20. The van der Waals surface area contributed by atoms with Gasteiger partial charge in [0.25, 0.3) is 0 Å². The van der Waals surface area contributed by atoms with Crippen LogP contribution in [0.25, 0.3) is 0 Å². The number of hydrogen-bond donors (Lipinski definition) is 2. The van der Waals surface area contributed by atoms with E-state index in [4.69, 9.17) is 10.5 Å². The SMILES string of the molecule is COC(C)C(O)c1c(C)ccnc1N. The van der Waals surface area contributed by atoms with Crippen molar-refractivity contribution in [3.05, 3.63) is 23.4 Å². The van der Waals surface area contributed by atoms with Crippen molar-refractivity contribution in [3.8, 4) is 0 Å². The molecule has 0 radical (unpaired) electrons. The van der Waals surface area contributed by atoms with Gasteiger partial charge in [0, 0.05) is 18.9 Å². The summed E-state index contributed by atoms with van der Waals surface area (Å²) in [6, 6.07) is 1.82. The maximum atomic E-state index is 9.91. The van der Waals surface area contributed by atoms with Gasteiger partial charge in [0.15, 0.2) is 0 Å². The number of nitrogens with two attached hydrogens (primary N) is 1. The monoisotopic (exact) mass is 196 g/mol. The van der Waals surface area contributed by atoms with Gasteiger partial charge in [-0.15, -0.1) is 0 Å². The molecule has 0 saturated heterocycles. The number of aliphatic hydroxyl groups excluding tert-OH is 1. The fraction of sp³-hybridized carbons (Fsp3) is 0.500. The summed E-state index contributed by atoms with van der Waals surface area (Å²) >= 11 is 0. The van der Waals surface area contributed by atoms with Crippen molar-refractivity contribution in [2.45, 2.75) is 26.1 Å². The largest absolute Gasteiger partial charge is 0.386 e. The molecule has 1 aromatic heterocycles. The van der Waals surface area contributed by atoms with Gasteiger partial charge >= 0.3 is 0 Å². The molecule has 4 heteroatoms. The van der Waals surface area contributed by atoms with E-state index in [1.54, 1.807) is 20.2 Å². The lowest BCUT2D eigenvalue weighted by molar-refractivity contribution is -0.00148. The molecule has 0 fully saturated rings. The van der Waals surface area contributed by atoms with Crippen LogP contribution in [0.3, 0.4) is 0 Å². The van der Waals surface area contributed by atoms with Crippen LogP contribution >= 0.6 is 0 Å². The number of aryl methyl sites for hydroxylation is 1. The van der Waals surface area contributed by atoms with Crippen LogP contribution < -0.4 is 5.73 Å². The highest BCUT2D eigenvalue weighted by atomic mass is 16.5. The van der Waals surface area contributed by atoms with Crippen LogP contribution in [0.4, 0.5) is 5.82 Å². The Morgan fingerprint density at radius 3 is 2.71 bits per heavy atom. The fourth-order valence-corrected chi connectivity index (χ4v) is 1.34. The predicted molar refractivity (Wildman–Crippen MR) is 54.8 cm³/mol. The number of aromatic nitrogens is 1. The van der Waals surface area contributed by atoms with Crippen molar-refractivity contribution < 1.29 is 9.84 Å². The minimum absolute atomic E-state index is 0.291. The average Bonchev–Trinajstić information content (AvgIpc) is 2.16. The van der Waals surface area contributed by atoms with E-state index < -0.39 is 6.10 Å². The van der Waals surface area contributed by atoms with Crippen LogP contribution in [0, 0.1) is 6.92 Å². The second-order valence-electron chi connectivity index (χ2n) is 3.31. The van der Waals surface area contributed by atoms with Crippen LogP contribution in [-0.2, 0) is 4.74 Å². The van der Waals surface area contributed by atoms with E-state index in [1.807, 2.05) is 13.0 Å². The Labute approximate surface area is 83.7 Å². The molecule has 0 spiro atoms. The summed E-state index contributed by atoms with van der Waals surface area (Å²) in [6.45, 7) is 3.68. The Hall–Kier alpha value is -1.13. The summed E-state index contributed by atoms with van der Waals surface area (Å²) in [4.78, 5) is 3.94. The van der Waals surface area contributed by atoms with Crippen LogP contribution in [0.5, 0.6) is 0 Å². The number of aliphatic hydroxyl groups is 1. The van der Waals surface area contributed by atoms with Crippen molar-refractivity contribution in [2.24, 2.45) is 0 Å². The highest BCUT2D eigenvalue weighted by molar-refractivity contribution is 5.45. The average molecular weight is 196 g/mol. The molecular weight excluding hydrogens is 180 g/mol. The van der Waals surface area contributed by atoms with Crippen molar-refractivity contribution in [2.75, 3.05) is 12.8 Å². The Balaban J connectivity index is 3.05. The Morgan fingerprint density at radius 1 is 1.57 bits per heavy atom. The third kappa shape index (κ3) is 2.02. The van der Waals surface area contributed by atoms with Crippen LogP contribution in [0.1, 0.15) is 24.2 Å². The molecule has 1 heterocycles. The van der Waals surface area contributed by atoms with Gasteiger partial charge in [-0.05, 0) is 25.5 Å². The summed E-state index contributed by atoms with van der Waals surface area (Å²) in [5.41, 5.74) is 7.27. The van der Waals surface area contributed by atoms with E-state index in [1.165, 1.54) is 0 Å². The van der Waals surface area contributed by atoms with Crippen molar-refractivity contribution in [1.29, 1.82) is 0 Å². The number of methoxy groups -OCH3 is 1. The maximum absolute atomic E-state index is 9.91. The molecule has 1 rings (SSSR count). The lowest BCUT2D eigenvalue weighted by Crippen LogP contribution is -2.19. The molecule has 0 aliphatic heterocycles. The molecule has 14 heavy (non-hydrogen) atoms. The van der Waals surface area contributed by atoms with Gasteiger partial charge in [0.1, 0.15) is 11.9 Å². The number of nitrogens with zero attached hydrogens (tertiary/aromatic N) is 1. The van der Waals surface area contributed by atoms with Gasteiger partial charge < -0.3 is 15.6 Å². The molecule has 0 bridgehead atoms. The third-order valence-electron chi connectivity index (χ3n) is 2.35. The zero-order chi connectivity index (χ0) is 10.7. The van der Waals surface area contributed by atoms with E-state index in [-0.39, 0.29) is 6.10 Å². The molecule has 78 valence electrons. The zero-order valence-corrected chi connectivity index (χ0v) is 8.69. The summed E-state index contributed by atoms with van der Waals surface area (Å²) in [7, 11) is 1.55. The summed E-state index contributed by atoms with van der Waals surface area (Å²) < 4.78 is 5.04. The van der Waals surface area contributed by atoms with E-state index >= 15 is 0 Å². The first-order valence-electron chi connectivity index (χ1n) is 4.49. The van der Waals surface area contributed by atoms with Crippen molar-refractivity contribution in [3.63, 3.8) is 0 Å². The maximum Gasteiger partial charge on any atom is 0.129 e. The minimum atomic E-state index is -0.728. The number of rotatable bonds is 3. The molecule has 3 N–H and O–H groups in total. The first-order chi connectivity index (χ1) is 6.57. The van der Waals surface area contributed by atoms with Crippen molar-refractivity contribution >= 4 is 5.82 Å².